The van der Waals surface area contributed by atoms with Crippen LogP contribution in [0.15, 0.2) is 36.5 Å². The molecule has 1 fully saturated rings. The minimum atomic E-state index is -0.0539. The third-order valence-electron chi connectivity index (χ3n) is 4.79. The maximum Gasteiger partial charge on any atom is 0.246 e. The van der Waals surface area contributed by atoms with Crippen molar-refractivity contribution >= 4 is 16.8 Å². The second-order valence-electron chi connectivity index (χ2n) is 6.70. The lowest BCUT2D eigenvalue weighted by molar-refractivity contribution is -0.126. The van der Waals surface area contributed by atoms with Gasteiger partial charge in [0.05, 0.1) is 12.1 Å². The molecular formula is C20H27N3O2. The molecule has 2 aromatic rings. The number of rotatable bonds is 8. The van der Waals surface area contributed by atoms with Gasteiger partial charge in [0.1, 0.15) is 6.61 Å². The van der Waals surface area contributed by atoms with Crippen LogP contribution in [0.1, 0.15) is 25.3 Å². The van der Waals surface area contributed by atoms with E-state index in [0.29, 0.717) is 19.2 Å². The Hall–Kier alpha value is -1.98. The monoisotopic (exact) mass is 341 g/mol. The molecule has 1 N–H and O–H groups in total. The number of carbonyl (C=O) groups is 1. The molecule has 1 atom stereocenters. The van der Waals surface area contributed by atoms with E-state index >= 15 is 0 Å². The molecule has 0 saturated carbocycles. The molecule has 0 bridgehead atoms. The fourth-order valence-corrected chi connectivity index (χ4v) is 3.37. The first-order valence-electron chi connectivity index (χ1n) is 9.15. The van der Waals surface area contributed by atoms with Gasteiger partial charge in [-0.25, -0.2) is 0 Å². The number of ether oxygens (including phenoxy) is 1. The SMILES string of the molecule is C[C@@H](COCC(=O)NCCc1cccc2cccnc12)N1CCCC1. The van der Waals surface area contributed by atoms with Crippen LogP contribution in [0.5, 0.6) is 0 Å². The molecule has 1 aliphatic heterocycles. The first kappa shape index (κ1) is 17.8. The second kappa shape index (κ2) is 8.92. The van der Waals surface area contributed by atoms with E-state index < -0.39 is 0 Å². The van der Waals surface area contributed by atoms with Crippen LogP contribution in [0.25, 0.3) is 10.9 Å². The molecule has 1 aliphatic rings. The Morgan fingerprint density at radius 3 is 2.92 bits per heavy atom. The van der Waals surface area contributed by atoms with E-state index in [9.17, 15) is 4.79 Å². The van der Waals surface area contributed by atoms with E-state index in [4.69, 9.17) is 4.74 Å². The zero-order valence-electron chi connectivity index (χ0n) is 14.9. The summed E-state index contributed by atoms with van der Waals surface area (Å²) >= 11 is 0. The maximum absolute atomic E-state index is 11.9. The van der Waals surface area contributed by atoms with Crippen molar-refractivity contribution in [2.75, 3.05) is 32.8 Å². The van der Waals surface area contributed by atoms with Crippen molar-refractivity contribution in [3.8, 4) is 0 Å². The molecule has 1 aromatic heterocycles. The lowest BCUT2D eigenvalue weighted by Gasteiger charge is -2.23. The zero-order valence-corrected chi connectivity index (χ0v) is 14.9. The molecule has 1 aromatic carbocycles. The Morgan fingerprint density at radius 2 is 2.08 bits per heavy atom. The summed E-state index contributed by atoms with van der Waals surface area (Å²) in [6, 6.07) is 10.5. The van der Waals surface area contributed by atoms with E-state index in [-0.39, 0.29) is 12.5 Å². The molecule has 0 unspecified atom stereocenters. The third-order valence-corrected chi connectivity index (χ3v) is 4.79. The Bertz CT molecular complexity index is 693. The molecule has 3 rings (SSSR count). The van der Waals surface area contributed by atoms with Gasteiger partial charge < -0.3 is 10.1 Å². The topological polar surface area (TPSA) is 54.5 Å². The molecule has 5 heteroatoms. The molecule has 1 amide bonds. The standard InChI is InChI=1S/C20H27N3O2/c1-16(23-12-2-3-13-23)14-25-15-19(24)21-11-9-18-7-4-6-17-8-5-10-22-20(17)18/h4-8,10,16H,2-3,9,11-15H2,1H3,(H,21,24)/t16-/m0/s1. The summed E-state index contributed by atoms with van der Waals surface area (Å²) in [7, 11) is 0. The predicted molar refractivity (Wildman–Crippen MR) is 99.5 cm³/mol. The van der Waals surface area contributed by atoms with Crippen LogP contribution in [0, 0.1) is 0 Å². The van der Waals surface area contributed by atoms with Crippen molar-refractivity contribution in [3.63, 3.8) is 0 Å². The smallest absolute Gasteiger partial charge is 0.246 e. The van der Waals surface area contributed by atoms with Crippen LogP contribution in [-0.2, 0) is 16.0 Å². The van der Waals surface area contributed by atoms with E-state index in [1.54, 1.807) is 6.20 Å². The van der Waals surface area contributed by atoms with Crippen molar-refractivity contribution < 1.29 is 9.53 Å². The van der Waals surface area contributed by atoms with Crippen molar-refractivity contribution in [1.82, 2.24) is 15.2 Å². The van der Waals surface area contributed by atoms with E-state index in [0.717, 1.165) is 36.0 Å². The molecule has 0 aliphatic carbocycles. The predicted octanol–water partition coefficient (Wildman–Crippen LogP) is 2.39. The summed E-state index contributed by atoms with van der Waals surface area (Å²) in [4.78, 5) is 18.8. The van der Waals surface area contributed by atoms with Gasteiger partial charge in [-0.1, -0.05) is 24.3 Å². The molecule has 0 spiro atoms. The summed E-state index contributed by atoms with van der Waals surface area (Å²) in [6.45, 7) is 5.80. The number of benzene rings is 1. The summed E-state index contributed by atoms with van der Waals surface area (Å²) < 4.78 is 5.58. The summed E-state index contributed by atoms with van der Waals surface area (Å²) in [5.74, 6) is -0.0539. The molecule has 134 valence electrons. The molecule has 25 heavy (non-hydrogen) atoms. The van der Waals surface area contributed by atoms with Crippen molar-refractivity contribution in [2.45, 2.75) is 32.2 Å². The summed E-state index contributed by atoms with van der Waals surface area (Å²) in [5, 5.41) is 4.06. The second-order valence-corrected chi connectivity index (χ2v) is 6.70. The lowest BCUT2D eigenvalue weighted by Crippen LogP contribution is -2.36. The largest absolute Gasteiger partial charge is 0.370 e. The van der Waals surface area contributed by atoms with Crippen molar-refractivity contribution in [2.24, 2.45) is 0 Å². The highest BCUT2D eigenvalue weighted by Crippen LogP contribution is 2.16. The number of para-hydroxylation sites is 1. The number of pyridine rings is 1. The first-order chi connectivity index (χ1) is 12.2. The highest BCUT2D eigenvalue weighted by Gasteiger charge is 2.18. The Morgan fingerprint density at radius 1 is 1.28 bits per heavy atom. The molecule has 1 saturated heterocycles. The van der Waals surface area contributed by atoms with Crippen LogP contribution < -0.4 is 5.32 Å². The number of amides is 1. The van der Waals surface area contributed by atoms with Gasteiger partial charge in [0, 0.05) is 24.2 Å². The molecule has 2 heterocycles. The fraction of sp³-hybridized carbons (Fsp3) is 0.500. The van der Waals surface area contributed by atoms with Gasteiger partial charge in [0.25, 0.3) is 0 Å². The van der Waals surface area contributed by atoms with Crippen LogP contribution in [0.3, 0.4) is 0 Å². The Kier molecular flexibility index (Phi) is 6.36. The van der Waals surface area contributed by atoms with Crippen molar-refractivity contribution in [3.05, 3.63) is 42.1 Å². The number of hydrogen-bond donors (Lipinski definition) is 1. The number of nitrogens with one attached hydrogen (secondary N) is 1. The third kappa shape index (κ3) is 5.00. The van der Waals surface area contributed by atoms with Crippen LogP contribution in [0.2, 0.25) is 0 Å². The van der Waals surface area contributed by atoms with Gasteiger partial charge in [-0.2, -0.15) is 0 Å². The zero-order chi connectivity index (χ0) is 17.5. The Balaban J connectivity index is 1.37. The minimum absolute atomic E-state index is 0.0539. The number of fused-ring (bicyclic) bond motifs is 1. The van der Waals surface area contributed by atoms with Gasteiger partial charge in [-0.05, 0) is 50.9 Å². The maximum atomic E-state index is 11.9. The van der Waals surface area contributed by atoms with Gasteiger partial charge in [-0.15, -0.1) is 0 Å². The van der Waals surface area contributed by atoms with Gasteiger partial charge in [-0.3, -0.25) is 14.7 Å². The van der Waals surface area contributed by atoms with E-state index in [1.807, 2.05) is 12.1 Å². The van der Waals surface area contributed by atoms with Crippen molar-refractivity contribution in [1.29, 1.82) is 0 Å². The first-order valence-corrected chi connectivity index (χ1v) is 9.15. The normalized spacial score (nSPS) is 16.2. The molecular weight excluding hydrogens is 314 g/mol. The highest BCUT2D eigenvalue weighted by atomic mass is 16.5. The summed E-state index contributed by atoms with van der Waals surface area (Å²) in [6.07, 6.45) is 5.12. The number of aromatic nitrogens is 1. The number of nitrogens with zero attached hydrogens (tertiary/aromatic N) is 2. The van der Waals surface area contributed by atoms with E-state index in [1.165, 1.54) is 12.8 Å². The number of carbonyl (C=O) groups excluding carboxylic acids is 1. The quantitative estimate of drug-likeness (QED) is 0.801. The van der Waals surface area contributed by atoms with Crippen LogP contribution in [0.4, 0.5) is 0 Å². The van der Waals surface area contributed by atoms with Crippen LogP contribution in [-0.4, -0.2) is 54.7 Å². The van der Waals surface area contributed by atoms with Crippen LogP contribution >= 0.6 is 0 Å². The van der Waals surface area contributed by atoms with Gasteiger partial charge in [0.2, 0.25) is 5.91 Å². The number of hydrogen-bond acceptors (Lipinski definition) is 4. The number of likely N-dealkylation sites (tertiary alicyclic amines) is 1. The fourth-order valence-electron chi connectivity index (χ4n) is 3.37. The van der Waals surface area contributed by atoms with Gasteiger partial charge >= 0.3 is 0 Å². The van der Waals surface area contributed by atoms with Gasteiger partial charge in [0.15, 0.2) is 0 Å². The molecule has 5 nitrogen and oxygen atoms in total. The minimum Gasteiger partial charge on any atom is -0.370 e. The summed E-state index contributed by atoms with van der Waals surface area (Å²) in [5.41, 5.74) is 2.16. The average Bonchev–Trinajstić information content (AvgIpc) is 3.17. The lowest BCUT2D eigenvalue weighted by atomic mass is 10.1. The Labute approximate surface area is 149 Å². The highest BCUT2D eigenvalue weighted by molar-refractivity contribution is 5.81. The molecule has 0 radical (unpaired) electrons. The average molecular weight is 341 g/mol. The van der Waals surface area contributed by atoms with E-state index in [2.05, 4.69) is 40.3 Å².